The van der Waals surface area contributed by atoms with E-state index >= 15 is 0 Å². The van der Waals surface area contributed by atoms with Crippen LogP contribution >= 0.6 is 15.9 Å². The van der Waals surface area contributed by atoms with Gasteiger partial charge in [0.05, 0.1) is 0 Å². The second kappa shape index (κ2) is 6.49. The van der Waals surface area contributed by atoms with Crippen LogP contribution in [0.3, 0.4) is 0 Å². The third-order valence-electron chi connectivity index (χ3n) is 2.61. The molecule has 0 saturated heterocycles. The highest BCUT2D eigenvalue weighted by Crippen LogP contribution is 2.28. The second-order valence-corrected chi connectivity index (χ2v) is 4.91. The number of hydrogen-bond donors (Lipinski definition) is 2. The maximum atomic E-state index is 11.2. The molecule has 0 aliphatic rings. The molecule has 0 saturated carbocycles. The van der Waals surface area contributed by atoms with Gasteiger partial charge in [0.25, 0.3) is 0 Å². The third-order valence-corrected chi connectivity index (χ3v) is 3.04. The van der Waals surface area contributed by atoms with Crippen molar-refractivity contribution in [3.63, 3.8) is 0 Å². The summed E-state index contributed by atoms with van der Waals surface area (Å²) >= 11 is 3.17. The molecular weight excluding hydrogens is 326 g/mol. The van der Waals surface area contributed by atoms with Gasteiger partial charge in [0.1, 0.15) is 11.3 Å². The Morgan fingerprint density at radius 2 is 2.10 bits per heavy atom. The largest absolute Gasteiger partial charge is 0.477 e. The maximum absolute atomic E-state index is 11.2. The average molecular weight is 338 g/mol. The lowest BCUT2D eigenvalue weighted by Gasteiger charge is -2.11. The summed E-state index contributed by atoms with van der Waals surface area (Å²) in [6, 6.07) is 8.55. The molecule has 0 atom stereocenters. The molecular formula is C14H12BrNO4. The number of benzene rings is 1. The van der Waals surface area contributed by atoms with Crippen molar-refractivity contribution in [1.29, 1.82) is 0 Å². The SMILES string of the molecule is O=C(O)c1cc(Br)cnc1Oc1ccccc1CCO. The predicted molar refractivity (Wildman–Crippen MR) is 76.2 cm³/mol. The molecule has 5 nitrogen and oxygen atoms in total. The van der Waals surface area contributed by atoms with Crippen LogP contribution in [0.4, 0.5) is 0 Å². The Morgan fingerprint density at radius 3 is 2.80 bits per heavy atom. The zero-order valence-corrected chi connectivity index (χ0v) is 12.0. The van der Waals surface area contributed by atoms with Crippen LogP contribution in [0.2, 0.25) is 0 Å². The summed E-state index contributed by atoms with van der Waals surface area (Å²) in [6.45, 7) is -0.0140. The molecule has 1 aromatic heterocycles. The van der Waals surface area contributed by atoms with E-state index in [1.165, 1.54) is 12.3 Å². The Kier molecular flexibility index (Phi) is 4.70. The highest BCUT2D eigenvalue weighted by Gasteiger charge is 2.15. The standard InChI is InChI=1S/C14H12BrNO4/c15-10-7-11(14(18)19)13(16-8-10)20-12-4-2-1-3-9(12)5-6-17/h1-4,7-8,17H,5-6H2,(H,18,19). The van der Waals surface area contributed by atoms with Crippen LogP contribution in [-0.4, -0.2) is 27.8 Å². The van der Waals surface area contributed by atoms with Gasteiger partial charge in [0.15, 0.2) is 0 Å². The smallest absolute Gasteiger partial charge is 0.341 e. The van der Waals surface area contributed by atoms with E-state index in [0.717, 1.165) is 5.56 Å². The summed E-state index contributed by atoms with van der Waals surface area (Å²) in [7, 11) is 0. The van der Waals surface area contributed by atoms with Crippen LogP contribution in [-0.2, 0) is 6.42 Å². The van der Waals surface area contributed by atoms with Crippen molar-refractivity contribution in [3.05, 3.63) is 52.1 Å². The molecule has 0 aliphatic heterocycles. The first-order valence-electron chi connectivity index (χ1n) is 5.87. The average Bonchev–Trinajstić information content (AvgIpc) is 2.43. The van der Waals surface area contributed by atoms with E-state index in [9.17, 15) is 4.79 Å². The normalized spacial score (nSPS) is 10.3. The van der Waals surface area contributed by atoms with Crippen LogP contribution in [0, 0.1) is 0 Å². The zero-order valence-electron chi connectivity index (χ0n) is 10.4. The van der Waals surface area contributed by atoms with Crippen LogP contribution < -0.4 is 4.74 Å². The van der Waals surface area contributed by atoms with Gasteiger partial charge in [-0.3, -0.25) is 0 Å². The molecule has 6 heteroatoms. The van der Waals surface area contributed by atoms with Gasteiger partial charge in [0.2, 0.25) is 5.88 Å². The second-order valence-electron chi connectivity index (χ2n) is 3.99. The molecule has 0 amide bonds. The van der Waals surface area contributed by atoms with E-state index < -0.39 is 5.97 Å². The van der Waals surface area contributed by atoms with Crippen LogP contribution in [0.1, 0.15) is 15.9 Å². The van der Waals surface area contributed by atoms with Crippen molar-refractivity contribution in [1.82, 2.24) is 4.98 Å². The van der Waals surface area contributed by atoms with E-state index in [4.69, 9.17) is 14.9 Å². The lowest BCUT2D eigenvalue weighted by atomic mass is 10.1. The van der Waals surface area contributed by atoms with Gasteiger partial charge in [-0.05, 0) is 40.0 Å². The summed E-state index contributed by atoms with van der Waals surface area (Å²) in [5.74, 6) is -0.613. The maximum Gasteiger partial charge on any atom is 0.341 e. The fourth-order valence-corrected chi connectivity index (χ4v) is 2.03. The summed E-state index contributed by atoms with van der Waals surface area (Å²) < 4.78 is 6.15. The Bertz CT molecular complexity index is 630. The molecule has 2 rings (SSSR count). The number of aromatic carboxylic acids is 1. The van der Waals surface area contributed by atoms with Crippen molar-refractivity contribution >= 4 is 21.9 Å². The number of carbonyl (C=O) groups is 1. The van der Waals surface area contributed by atoms with Crippen molar-refractivity contribution in [2.75, 3.05) is 6.61 Å². The fourth-order valence-electron chi connectivity index (χ4n) is 1.70. The number of hydrogen-bond acceptors (Lipinski definition) is 4. The number of aliphatic hydroxyl groups excluding tert-OH is 1. The summed E-state index contributed by atoms with van der Waals surface area (Å²) in [4.78, 5) is 15.2. The molecule has 1 aromatic carbocycles. The summed E-state index contributed by atoms with van der Waals surface area (Å²) in [5.41, 5.74) is 0.759. The number of ether oxygens (including phenoxy) is 1. The van der Waals surface area contributed by atoms with Gasteiger partial charge in [0, 0.05) is 17.3 Å². The number of carboxylic acid groups (broad SMARTS) is 1. The molecule has 1 heterocycles. The van der Waals surface area contributed by atoms with Crippen LogP contribution in [0.15, 0.2) is 41.0 Å². The minimum absolute atomic E-state index is 0.0140. The lowest BCUT2D eigenvalue weighted by molar-refractivity contribution is 0.0693. The minimum atomic E-state index is -1.12. The van der Waals surface area contributed by atoms with Crippen LogP contribution in [0.5, 0.6) is 11.6 Å². The minimum Gasteiger partial charge on any atom is -0.477 e. The Hall–Kier alpha value is -1.92. The van der Waals surface area contributed by atoms with Gasteiger partial charge >= 0.3 is 5.97 Å². The zero-order chi connectivity index (χ0) is 14.5. The fraction of sp³-hybridized carbons (Fsp3) is 0.143. The first kappa shape index (κ1) is 14.5. The van der Waals surface area contributed by atoms with Gasteiger partial charge < -0.3 is 14.9 Å². The topological polar surface area (TPSA) is 79.7 Å². The van der Waals surface area contributed by atoms with E-state index in [0.29, 0.717) is 16.6 Å². The summed E-state index contributed by atoms with van der Waals surface area (Å²) in [5, 5.41) is 18.2. The monoisotopic (exact) mass is 337 g/mol. The van der Waals surface area contributed by atoms with Crippen LogP contribution in [0.25, 0.3) is 0 Å². The highest BCUT2D eigenvalue weighted by atomic mass is 79.9. The molecule has 0 spiro atoms. The molecule has 0 radical (unpaired) electrons. The van der Waals surface area contributed by atoms with Crippen molar-refractivity contribution in [2.24, 2.45) is 0 Å². The number of rotatable bonds is 5. The Balaban J connectivity index is 2.37. The first-order chi connectivity index (χ1) is 9.61. The lowest BCUT2D eigenvalue weighted by Crippen LogP contribution is -2.03. The summed E-state index contributed by atoms with van der Waals surface area (Å²) in [6.07, 6.45) is 1.89. The number of nitrogens with zero attached hydrogens (tertiary/aromatic N) is 1. The number of para-hydroxylation sites is 1. The van der Waals surface area contributed by atoms with Crippen molar-refractivity contribution in [3.8, 4) is 11.6 Å². The molecule has 104 valence electrons. The van der Waals surface area contributed by atoms with E-state index in [2.05, 4.69) is 20.9 Å². The van der Waals surface area contributed by atoms with Gasteiger partial charge in [-0.1, -0.05) is 18.2 Å². The number of aliphatic hydroxyl groups is 1. The van der Waals surface area contributed by atoms with Gasteiger partial charge in [-0.2, -0.15) is 0 Å². The predicted octanol–water partition coefficient (Wildman–Crippen LogP) is 2.87. The molecule has 20 heavy (non-hydrogen) atoms. The van der Waals surface area contributed by atoms with Gasteiger partial charge in [-0.15, -0.1) is 0 Å². The van der Waals surface area contributed by atoms with E-state index in [1.807, 2.05) is 12.1 Å². The van der Waals surface area contributed by atoms with Gasteiger partial charge in [-0.25, -0.2) is 9.78 Å². The first-order valence-corrected chi connectivity index (χ1v) is 6.66. The van der Waals surface area contributed by atoms with Crippen molar-refractivity contribution in [2.45, 2.75) is 6.42 Å². The molecule has 0 bridgehead atoms. The number of halogens is 1. The third kappa shape index (κ3) is 3.34. The quantitative estimate of drug-likeness (QED) is 0.876. The molecule has 0 aliphatic carbocycles. The van der Waals surface area contributed by atoms with E-state index in [-0.39, 0.29) is 18.1 Å². The molecule has 0 unspecified atom stereocenters. The Labute approximate surface area is 124 Å². The molecule has 2 N–H and O–H groups in total. The number of aromatic nitrogens is 1. The van der Waals surface area contributed by atoms with Crippen molar-refractivity contribution < 1.29 is 19.7 Å². The molecule has 2 aromatic rings. The molecule has 0 fully saturated rings. The number of carboxylic acids is 1. The van der Waals surface area contributed by atoms with E-state index in [1.54, 1.807) is 12.1 Å². The Morgan fingerprint density at radius 1 is 1.35 bits per heavy atom. The number of pyridine rings is 1. The highest BCUT2D eigenvalue weighted by molar-refractivity contribution is 9.10.